The molecule has 36 heavy (non-hydrogen) atoms. The molecule has 4 fully saturated rings. The van der Waals surface area contributed by atoms with Gasteiger partial charge in [0.25, 0.3) is 20.0 Å². The number of hydrogen-bond acceptors (Lipinski definition) is 6. The number of nitrogens with one attached hydrogen (secondary N) is 2. The molecule has 0 amide bonds. The largest absolute Gasteiger partial charge is 0.276 e. The lowest BCUT2D eigenvalue weighted by Crippen LogP contribution is -2.26. The SMILES string of the molecule is Cc1ccc(S(=O)(=O)NN=C2C3CCC4C(=NNS(=O)(=O)c5ccc(C)cc5)C5CCC2C5C34)cc1. The average molecular weight is 527 g/mol. The van der Waals surface area contributed by atoms with Gasteiger partial charge in [-0.05, 0) is 75.6 Å². The topological polar surface area (TPSA) is 117 Å². The highest BCUT2D eigenvalue weighted by Crippen LogP contribution is 2.65. The van der Waals surface area contributed by atoms with Gasteiger partial charge in [-0.15, -0.1) is 0 Å². The zero-order chi connectivity index (χ0) is 25.2. The molecule has 0 heterocycles. The van der Waals surface area contributed by atoms with E-state index >= 15 is 0 Å². The van der Waals surface area contributed by atoms with E-state index in [1.165, 1.54) is 0 Å². The van der Waals surface area contributed by atoms with E-state index in [0.717, 1.165) is 48.2 Å². The van der Waals surface area contributed by atoms with Gasteiger partial charge < -0.3 is 0 Å². The van der Waals surface area contributed by atoms with Crippen molar-refractivity contribution >= 4 is 31.5 Å². The highest BCUT2D eigenvalue weighted by atomic mass is 32.2. The number of nitrogens with zero attached hydrogens (tertiary/aromatic N) is 2. The van der Waals surface area contributed by atoms with Gasteiger partial charge in [0, 0.05) is 35.1 Å². The molecule has 0 bridgehead atoms. The van der Waals surface area contributed by atoms with E-state index in [2.05, 4.69) is 19.9 Å². The molecule has 0 aliphatic heterocycles. The van der Waals surface area contributed by atoms with Gasteiger partial charge in [-0.1, -0.05) is 35.4 Å². The van der Waals surface area contributed by atoms with E-state index in [9.17, 15) is 16.8 Å². The third kappa shape index (κ3) is 3.76. The second-order valence-corrected chi connectivity index (χ2v) is 13.9. The van der Waals surface area contributed by atoms with Gasteiger partial charge >= 0.3 is 0 Å². The van der Waals surface area contributed by atoms with Crippen molar-refractivity contribution in [3.8, 4) is 0 Å². The van der Waals surface area contributed by atoms with Gasteiger partial charge in [0.2, 0.25) is 0 Å². The van der Waals surface area contributed by atoms with Crippen LogP contribution in [0.1, 0.15) is 36.8 Å². The van der Waals surface area contributed by atoms with E-state index in [0.29, 0.717) is 11.8 Å². The van der Waals surface area contributed by atoms with Crippen LogP contribution in [0.15, 0.2) is 68.5 Å². The Labute approximate surface area is 212 Å². The number of aryl methyl sites for hydroxylation is 2. The lowest BCUT2D eigenvalue weighted by Gasteiger charge is -2.14. The number of hydrogen-bond donors (Lipinski definition) is 2. The van der Waals surface area contributed by atoms with Crippen LogP contribution in [0, 0.1) is 49.4 Å². The highest BCUT2D eigenvalue weighted by Gasteiger charge is 2.65. The van der Waals surface area contributed by atoms with Crippen LogP contribution in [0.25, 0.3) is 0 Å². The Hall–Kier alpha value is -2.72. The summed E-state index contributed by atoms with van der Waals surface area (Å²) in [6.45, 7) is 3.83. The molecule has 4 aliphatic rings. The van der Waals surface area contributed by atoms with E-state index in [1.54, 1.807) is 48.5 Å². The van der Waals surface area contributed by atoms with Gasteiger partial charge in [0.05, 0.1) is 9.79 Å². The minimum atomic E-state index is -3.73. The van der Waals surface area contributed by atoms with Crippen molar-refractivity contribution in [2.75, 3.05) is 0 Å². The second kappa shape index (κ2) is 8.41. The molecule has 0 saturated heterocycles. The van der Waals surface area contributed by atoms with Crippen LogP contribution >= 0.6 is 0 Å². The van der Waals surface area contributed by atoms with Crippen LogP contribution in [-0.4, -0.2) is 28.3 Å². The first kappa shape index (κ1) is 23.7. The highest BCUT2D eigenvalue weighted by molar-refractivity contribution is 7.89. The standard InChI is InChI=1S/C26H30N4O4S2/c1-15-3-7-17(8-4-15)35(31,32)29-27-25-19-11-13-21-23(19)24-20(25)12-14-22(24)26(21)28-30-36(33,34)18-9-5-16(2)6-10-18/h3-10,19-24,29-30H,11-14H2,1-2H3. The molecule has 4 unspecified atom stereocenters. The minimum absolute atomic E-state index is 0.208. The van der Waals surface area contributed by atoms with Gasteiger partial charge in [0.1, 0.15) is 0 Å². The number of sulfonamides is 2. The summed E-state index contributed by atoms with van der Waals surface area (Å²) in [5.74, 6) is 1.58. The first-order chi connectivity index (χ1) is 17.2. The van der Waals surface area contributed by atoms with Crippen molar-refractivity contribution in [3.63, 3.8) is 0 Å². The predicted molar refractivity (Wildman–Crippen MR) is 137 cm³/mol. The Balaban J connectivity index is 1.23. The fourth-order valence-corrected chi connectivity index (χ4v) is 8.80. The fourth-order valence-electron chi connectivity index (χ4n) is 7.15. The smallest absolute Gasteiger partial charge is 0.200 e. The van der Waals surface area contributed by atoms with E-state index in [-0.39, 0.29) is 33.5 Å². The molecule has 0 radical (unpaired) electrons. The Bertz CT molecular complexity index is 1320. The third-order valence-electron chi connectivity index (χ3n) is 8.65. The summed E-state index contributed by atoms with van der Waals surface area (Å²) in [6.07, 6.45) is 3.68. The first-order valence-corrected chi connectivity index (χ1v) is 15.4. The number of benzene rings is 2. The maximum atomic E-state index is 12.8. The quantitative estimate of drug-likeness (QED) is 0.560. The molecule has 0 spiro atoms. The summed E-state index contributed by atoms with van der Waals surface area (Å²) in [5, 5.41) is 9.04. The minimum Gasteiger partial charge on any atom is -0.200 e. The Morgan fingerprint density at radius 3 is 1.19 bits per heavy atom. The van der Waals surface area contributed by atoms with Crippen LogP contribution < -0.4 is 9.66 Å². The Morgan fingerprint density at radius 2 is 0.889 bits per heavy atom. The van der Waals surface area contributed by atoms with Gasteiger partial charge in [-0.25, -0.2) is 9.66 Å². The Morgan fingerprint density at radius 1 is 0.583 bits per heavy atom. The predicted octanol–water partition coefficient (Wildman–Crippen LogP) is 3.58. The van der Waals surface area contributed by atoms with E-state index < -0.39 is 20.0 Å². The maximum Gasteiger partial charge on any atom is 0.276 e. The monoisotopic (exact) mass is 526 g/mol. The van der Waals surface area contributed by atoms with Crippen molar-refractivity contribution in [2.45, 2.75) is 49.3 Å². The molecule has 2 aromatic rings. The van der Waals surface area contributed by atoms with Gasteiger partial charge in [0.15, 0.2) is 0 Å². The molecule has 10 heteroatoms. The summed E-state index contributed by atoms with van der Waals surface area (Å²) < 4.78 is 51.3. The maximum absolute atomic E-state index is 12.8. The van der Waals surface area contributed by atoms with Crippen LogP contribution in [0.3, 0.4) is 0 Å². The molecule has 0 aromatic heterocycles. The van der Waals surface area contributed by atoms with Crippen molar-refractivity contribution in [1.29, 1.82) is 0 Å². The summed E-state index contributed by atoms with van der Waals surface area (Å²) >= 11 is 0. The van der Waals surface area contributed by atoms with Crippen molar-refractivity contribution in [1.82, 2.24) is 9.66 Å². The van der Waals surface area contributed by atoms with Crippen LogP contribution in [0.5, 0.6) is 0 Å². The first-order valence-electron chi connectivity index (χ1n) is 12.5. The molecule has 6 rings (SSSR count). The van der Waals surface area contributed by atoms with Crippen LogP contribution in [-0.2, 0) is 20.0 Å². The zero-order valence-corrected chi connectivity index (χ0v) is 21.9. The number of hydrazone groups is 2. The normalized spacial score (nSPS) is 30.4. The molecular formula is C26H30N4O4S2. The molecule has 4 aliphatic carbocycles. The van der Waals surface area contributed by atoms with E-state index in [1.807, 2.05) is 13.8 Å². The van der Waals surface area contributed by atoms with Gasteiger partial charge in [-0.3, -0.25) is 0 Å². The van der Waals surface area contributed by atoms with Crippen LogP contribution in [0.2, 0.25) is 0 Å². The number of rotatable bonds is 6. The lowest BCUT2D eigenvalue weighted by molar-refractivity contribution is 0.322. The molecular weight excluding hydrogens is 496 g/mol. The molecule has 4 saturated carbocycles. The molecule has 8 nitrogen and oxygen atoms in total. The second-order valence-electron chi connectivity index (χ2n) is 10.6. The molecule has 2 N–H and O–H groups in total. The molecule has 4 atom stereocenters. The zero-order valence-electron chi connectivity index (χ0n) is 20.3. The van der Waals surface area contributed by atoms with E-state index in [4.69, 9.17) is 0 Å². The summed E-state index contributed by atoms with van der Waals surface area (Å²) in [7, 11) is -7.45. The van der Waals surface area contributed by atoms with Crippen molar-refractivity contribution in [2.24, 2.45) is 45.7 Å². The summed E-state index contributed by atoms with van der Waals surface area (Å²) in [6, 6.07) is 13.5. The fraction of sp³-hybridized carbons (Fsp3) is 0.462. The van der Waals surface area contributed by atoms with Crippen molar-refractivity contribution < 1.29 is 16.8 Å². The molecule has 190 valence electrons. The average Bonchev–Trinajstić information content (AvgIpc) is 3.57. The van der Waals surface area contributed by atoms with Gasteiger partial charge in [-0.2, -0.15) is 27.0 Å². The van der Waals surface area contributed by atoms with Crippen LogP contribution in [0.4, 0.5) is 0 Å². The third-order valence-corrected chi connectivity index (χ3v) is 11.1. The summed E-state index contributed by atoms with van der Waals surface area (Å²) in [5.41, 5.74) is 3.95. The lowest BCUT2D eigenvalue weighted by atomic mass is 9.90. The molecule has 2 aromatic carbocycles. The summed E-state index contributed by atoms with van der Waals surface area (Å²) in [4.78, 5) is 5.43. The van der Waals surface area contributed by atoms with Crippen molar-refractivity contribution in [3.05, 3.63) is 59.7 Å². The Kier molecular flexibility index (Phi) is 5.53.